The number of carbonyl (C=O) groups excluding carboxylic acids is 1. The van der Waals surface area contributed by atoms with E-state index in [2.05, 4.69) is 0 Å². The van der Waals surface area contributed by atoms with Gasteiger partial charge in [0.2, 0.25) is 0 Å². The highest BCUT2D eigenvalue weighted by atomic mass is 32.1. The minimum atomic E-state index is -0.453. The summed E-state index contributed by atoms with van der Waals surface area (Å²) < 4.78 is 6.76. The molecular weight excluding hydrogens is 336 g/mol. The largest absolute Gasteiger partial charge is 0.465 e. The summed E-state index contributed by atoms with van der Waals surface area (Å²) in [5, 5.41) is 2.26. The molecule has 0 spiro atoms. The number of pyridine rings is 1. The molecule has 0 radical (unpaired) electrons. The number of nitrogens with zero attached hydrogens (tertiary/aromatic N) is 1. The molecule has 1 aromatic carbocycles. The maximum atomic E-state index is 13.2. The van der Waals surface area contributed by atoms with Crippen LogP contribution >= 0.6 is 11.3 Å². The highest BCUT2D eigenvalue weighted by molar-refractivity contribution is 7.21. The molecule has 0 saturated heterocycles. The van der Waals surface area contributed by atoms with Crippen molar-refractivity contribution in [3.63, 3.8) is 0 Å². The van der Waals surface area contributed by atoms with E-state index in [1.54, 1.807) is 0 Å². The van der Waals surface area contributed by atoms with Crippen molar-refractivity contribution >= 4 is 44.0 Å². The predicted octanol–water partition coefficient (Wildman–Crippen LogP) is 4.09. The molecule has 2 heterocycles. The molecule has 1 fully saturated rings. The predicted molar refractivity (Wildman–Crippen MR) is 101 cm³/mol. The molecule has 4 rings (SSSR count). The first kappa shape index (κ1) is 16.1. The topological polar surface area (TPSA) is 74.3 Å². The zero-order valence-corrected chi connectivity index (χ0v) is 14.9. The summed E-state index contributed by atoms with van der Waals surface area (Å²) in [4.78, 5) is 26.5. The SMILES string of the molecule is COC(=O)c1sc2c(c1N)c1ccccc1c(=O)n2C1CCCCC1. The van der Waals surface area contributed by atoms with Gasteiger partial charge in [-0.1, -0.05) is 37.5 Å². The first-order chi connectivity index (χ1) is 12.1. The van der Waals surface area contributed by atoms with Crippen LogP contribution in [0.4, 0.5) is 5.69 Å². The van der Waals surface area contributed by atoms with E-state index in [1.807, 2.05) is 28.8 Å². The minimum absolute atomic E-state index is 0.00710. The molecule has 2 N–H and O–H groups in total. The molecular formula is C19H20N2O3S. The maximum Gasteiger partial charge on any atom is 0.350 e. The van der Waals surface area contributed by atoms with Crippen molar-refractivity contribution in [3.05, 3.63) is 39.5 Å². The van der Waals surface area contributed by atoms with Crippen molar-refractivity contribution in [3.8, 4) is 0 Å². The highest BCUT2D eigenvalue weighted by Crippen LogP contribution is 2.40. The number of nitrogen functional groups attached to an aromatic ring is 1. The van der Waals surface area contributed by atoms with Crippen molar-refractivity contribution in [2.75, 3.05) is 12.8 Å². The second kappa shape index (κ2) is 6.19. The molecule has 2 aromatic heterocycles. The van der Waals surface area contributed by atoms with Crippen LogP contribution in [0, 0.1) is 0 Å². The van der Waals surface area contributed by atoms with E-state index in [9.17, 15) is 9.59 Å². The Balaban J connectivity index is 2.13. The van der Waals surface area contributed by atoms with E-state index in [-0.39, 0.29) is 11.6 Å². The van der Waals surface area contributed by atoms with Crippen LogP contribution in [0.1, 0.15) is 47.8 Å². The van der Waals surface area contributed by atoms with Crippen molar-refractivity contribution < 1.29 is 9.53 Å². The van der Waals surface area contributed by atoms with Gasteiger partial charge < -0.3 is 10.5 Å². The summed E-state index contributed by atoms with van der Waals surface area (Å²) in [6.45, 7) is 0. The molecule has 1 saturated carbocycles. The lowest BCUT2D eigenvalue weighted by Crippen LogP contribution is -2.26. The Morgan fingerprint density at radius 3 is 2.56 bits per heavy atom. The van der Waals surface area contributed by atoms with Crippen LogP contribution in [0.5, 0.6) is 0 Å². The number of ether oxygens (including phenoxy) is 1. The number of benzene rings is 1. The van der Waals surface area contributed by atoms with E-state index < -0.39 is 5.97 Å². The number of anilines is 1. The van der Waals surface area contributed by atoms with Crippen LogP contribution in [-0.4, -0.2) is 17.6 Å². The quantitative estimate of drug-likeness (QED) is 0.702. The average molecular weight is 356 g/mol. The van der Waals surface area contributed by atoms with E-state index in [0.717, 1.165) is 41.3 Å². The molecule has 25 heavy (non-hydrogen) atoms. The van der Waals surface area contributed by atoms with Gasteiger partial charge in [0.25, 0.3) is 5.56 Å². The Hall–Kier alpha value is -2.34. The van der Waals surface area contributed by atoms with Gasteiger partial charge in [-0.2, -0.15) is 0 Å². The molecule has 0 aliphatic heterocycles. The molecule has 5 nitrogen and oxygen atoms in total. The van der Waals surface area contributed by atoms with E-state index >= 15 is 0 Å². The van der Waals surface area contributed by atoms with Crippen LogP contribution < -0.4 is 11.3 Å². The first-order valence-corrected chi connectivity index (χ1v) is 9.38. The number of thiophene rings is 1. The normalized spacial score (nSPS) is 15.7. The fourth-order valence-electron chi connectivity index (χ4n) is 3.89. The third-order valence-electron chi connectivity index (χ3n) is 5.10. The van der Waals surface area contributed by atoms with Crippen LogP contribution in [0.15, 0.2) is 29.1 Å². The Labute approximate surface area is 149 Å². The molecule has 0 atom stereocenters. The molecule has 0 bridgehead atoms. The maximum absolute atomic E-state index is 13.2. The molecule has 6 heteroatoms. The van der Waals surface area contributed by atoms with Crippen LogP contribution in [-0.2, 0) is 4.74 Å². The van der Waals surface area contributed by atoms with Gasteiger partial charge in [-0.25, -0.2) is 4.79 Å². The average Bonchev–Trinajstić information content (AvgIpc) is 2.99. The fourth-order valence-corrected chi connectivity index (χ4v) is 5.11. The van der Waals surface area contributed by atoms with Crippen molar-refractivity contribution in [2.24, 2.45) is 0 Å². The van der Waals surface area contributed by atoms with E-state index in [1.165, 1.54) is 24.9 Å². The van der Waals surface area contributed by atoms with Gasteiger partial charge in [-0.15, -0.1) is 11.3 Å². The summed E-state index contributed by atoms with van der Waals surface area (Å²) in [7, 11) is 1.35. The lowest BCUT2D eigenvalue weighted by atomic mass is 9.94. The van der Waals surface area contributed by atoms with Crippen molar-refractivity contribution in [2.45, 2.75) is 38.1 Å². The number of esters is 1. The summed E-state index contributed by atoms with van der Waals surface area (Å²) >= 11 is 1.27. The lowest BCUT2D eigenvalue weighted by Gasteiger charge is -2.25. The third-order valence-corrected chi connectivity index (χ3v) is 6.29. The molecule has 130 valence electrons. The van der Waals surface area contributed by atoms with Crippen LogP contribution in [0.3, 0.4) is 0 Å². The second-order valence-electron chi connectivity index (χ2n) is 6.53. The Morgan fingerprint density at radius 1 is 1.20 bits per heavy atom. The Kier molecular flexibility index (Phi) is 4.00. The van der Waals surface area contributed by atoms with Crippen LogP contribution in [0.2, 0.25) is 0 Å². The number of methoxy groups -OCH3 is 1. The van der Waals surface area contributed by atoms with Gasteiger partial charge in [0, 0.05) is 16.8 Å². The molecule has 0 unspecified atom stereocenters. The van der Waals surface area contributed by atoms with E-state index in [4.69, 9.17) is 10.5 Å². The standard InChI is InChI=1S/C19H20N2O3S/c1-24-19(23)16-15(20)14-12-9-5-6-10-13(12)17(22)21(18(14)25-16)11-7-3-2-4-8-11/h5-6,9-11H,2-4,7-8,20H2,1H3. The minimum Gasteiger partial charge on any atom is -0.465 e. The first-order valence-electron chi connectivity index (χ1n) is 8.57. The number of rotatable bonds is 2. The van der Waals surface area contributed by atoms with Gasteiger partial charge >= 0.3 is 5.97 Å². The van der Waals surface area contributed by atoms with Gasteiger partial charge in [0.15, 0.2) is 0 Å². The molecule has 0 amide bonds. The number of nitrogens with two attached hydrogens (primary N) is 1. The highest BCUT2D eigenvalue weighted by Gasteiger charge is 2.26. The number of aromatic nitrogens is 1. The van der Waals surface area contributed by atoms with Gasteiger partial charge in [0.05, 0.1) is 12.8 Å². The van der Waals surface area contributed by atoms with Crippen LogP contribution in [0.25, 0.3) is 21.0 Å². The van der Waals surface area contributed by atoms with Gasteiger partial charge in [-0.05, 0) is 24.3 Å². The number of hydrogen-bond donors (Lipinski definition) is 1. The lowest BCUT2D eigenvalue weighted by molar-refractivity contribution is 0.0607. The second-order valence-corrected chi connectivity index (χ2v) is 7.53. The van der Waals surface area contributed by atoms with Crippen molar-refractivity contribution in [1.29, 1.82) is 0 Å². The smallest absolute Gasteiger partial charge is 0.350 e. The monoisotopic (exact) mass is 356 g/mol. The fraction of sp³-hybridized carbons (Fsp3) is 0.368. The summed E-state index contributed by atoms with van der Waals surface area (Å²) in [6.07, 6.45) is 5.42. The zero-order chi connectivity index (χ0) is 17.6. The number of fused-ring (bicyclic) bond motifs is 3. The van der Waals surface area contributed by atoms with Gasteiger partial charge in [-0.3, -0.25) is 9.36 Å². The number of carbonyl (C=O) groups is 1. The zero-order valence-electron chi connectivity index (χ0n) is 14.1. The molecule has 3 aromatic rings. The molecule has 1 aliphatic carbocycles. The Morgan fingerprint density at radius 2 is 1.88 bits per heavy atom. The third kappa shape index (κ3) is 2.43. The summed E-state index contributed by atoms with van der Waals surface area (Å²) in [5.74, 6) is -0.453. The molecule has 1 aliphatic rings. The summed E-state index contributed by atoms with van der Waals surface area (Å²) in [6, 6.07) is 7.66. The van der Waals surface area contributed by atoms with Gasteiger partial charge in [0.1, 0.15) is 9.71 Å². The van der Waals surface area contributed by atoms with E-state index in [0.29, 0.717) is 16.0 Å². The Bertz CT molecular complexity index is 1030. The summed E-state index contributed by atoms with van der Waals surface area (Å²) in [5.41, 5.74) is 6.74. The van der Waals surface area contributed by atoms with Crippen molar-refractivity contribution in [1.82, 2.24) is 4.57 Å². The number of hydrogen-bond acceptors (Lipinski definition) is 5.